The van der Waals surface area contributed by atoms with Crippen molar-refractivity contribution < 1.29 is 37.7 Å². The van der Waals surface area contributed by atoms with Crippen molar-refractivity contribution in [1.82, 2.24) is 4.90 Å². The van der Waals surface area contributed by atoms with Crippen LogP contribution in [-0.2, 0) is 20.9 Å². The molecule has 2 amide bonds. The average molecular weight is 680 g/mol. The number of carbonyl (C=O) groups excluding carboxylic acids is 2. The minimum absolute atomic E-state index is 0.00292. The molecule has 264 valence electrons. The fourth-order valence-corrected chi connectivity index (χ4v) is 5.69. The highest BCUT2D eigenvalue weighted by Crippen LogP contribution is 2.26. The molecule has 49 heavy (non-hydrogen) atoms. The molecule has 0 bridgehead atoms. The number of nitrogens with zero attached hydrogens (tertiary/aromatic N) is 2. The first-order valence-electron chi connectivity index (χ1n) is 16.9. The van der Waals surface area contributed by atoms with Crippen LogP contribution in [0.1, 0.15) is 86.2 Å². The van der Waals surface area contributed by atoms with Crippen molar-refractivity contribution in [3.63, 3.8) is 0 Å². The lowest BCUT2D eigenvalue weighted by molar-refractivity contribution is -0.0523. The number of aromatic carboxylic acids is 1. The molecule has 1 aliphatic rings. The van der Waals surface area contributed by atoms with Crippen LogP contribution in [0.4, 0.5) is 25.0 Å². The van der Waals surface area contributed by atoms with Crippen molar-refractivity contribution in [2.75, 3.05) is 25.0 Å². The van der Waals surface area contributed by atoms with E-state index < -0.39 is 17.6 Å². The zero-order valence-corrected chi connectivity index (χ0v) is 28.3. The number of rotatable bonds is 16. The second-order valence-corrected chi connectivity index (χ2v) is 12.0. The van der Waals surface area contributed by atoms with Crippen molar-refractivity contribution in [3.8, 4) is 0 Å². The maximum absolute atomic E-state index is 13.6. The molecule has 0 saturated heterocycles. The molecule has 2 atom stereocenters. The maximum Gasteiger partial charge on any atom is 0.336 e. The van der Waals surface area contributed by atoms with Gasteiger partial charge >= 0.3 is 12.0 Å². The molecular weight excluding hydrogens is 632 g/mol. The fraction of sp³-hybridized carbons (Fsp3) is 0.447. The number of urea groups is 1. The second kappa shape index (κ2) is 21.5. The Morgan fingerprint density at radius 1 is 0.939 bits per heavy atom. The molecule has 0 aromatic heterocycles. The van der Waals surface area contributed by atoms with Gasteiger partial charge in [0.15, 0.2) is 0 Å². The van der Waals surface area contributed by atoms with E-state index in [1.165, 1.54) is 42.8 Å². The lowest BCUT2D eigenvalue weighted by Crippen LogP contribution is -2.39. The Labute approximate surface area is 287 Å². The van der Waals surface area contributed by atoms with Crippen LogP contribution in [0.5, 0.6) is 0 Å². The van der Waals surface area contributed by atoms with Crippen LogP contribution in [0.15, 0.2) is 71.7 Å². The van der Waals surface area contributed by atoms with Gasteiger partial charge < -0.3 is 24.8 Å². The van der Waals surface area contributed by atoms with Crippen molar-refractivity contribution in [2.24, 2.45) is 4.99 Å². The number of benzene rings is 3. The molecule has 9 nitrogen and oxygen atoms in total. The summed E-state index contributed by atoms with van der Waals surface area (Å²) in [5.74, 6) is -1.73. The van der Waals surface area contributed by atoms with Gasteiger partial charge in [0.25, 0.3) is 0 Å². The van der Waals surface area contributed by atoms with Crippen molar-refractivity contribution in [3.05, 3.63) is 95.1 Å². The summed E-state index contributed by atoms with van der Waals surface area (Å²) in [6.07, 6.45) is 10.3. The highest BCUT2D eigenvalue weighted by atomic mass is 19.1. The number of hydrogen-bond acceptors (Lipinski definition) is 6. The van der Waals surface area contributed by atoms with E-state index in [1.807, 2.05) is 6.07 Å². The molecule has 3 aromatic carbocycles. The normalized spacial score (nSPS) is 15.3. The number of hydrogen-bond donors (Lipinski definition) is 2. The van der Waals surface area contributed by atoms with Crippen LogP contribution in [-0.4, -0.2) is 60.0 Å². The molecule has 0 spiro atoms. The van der Waals surface area contributed by atoms with Gasteiger partial charge in [0.1, 0.15) is 11.6 Å². The van der Waals surface area contributed by atoms with E-state index in [1.54, 1.807) is 36.1 Å². The van der Waals surface area contributed by atoms with E-state index in [0.717, 1.165) is 63.0 Å². The van der Waals surface area contributed by atoms with E-state index in [2.05, 4.69) is 17.2 Å². The third-order valence-electron chi connectivity index (χ3n) is 8.22. The van der Waals surface area contributed by atoms with Crippen LogP contribution in [0.25, 0.3) is 0 Å². The molecule has 1 fully saturated rings. The predicted molar refractivity (Wildman–Crippen MR) is 185 cm³/mol. The zero-order chi connectivity index (χ0) is 35.4. The first kappa shape index (κ1) is 39.0. The lowest BCUT2D eigenvalue weighted by Gasteiger charge is -2.30. The Morgan fingerprint density at radius 2 is 1.63 bits per heavy atom. The monoisotopic (exact) mass is 679 g/mol. The second-order valence-electron chi connectivity index (χ2n) is 12.0. The summed E-state index contributed by atoms with van der Waals surface area (Å²) in [6.45, 7) is 5.70. The quantitative estimate of drug-likeness (QED) is 0.0887. The first-order chi connectivity index (χ1) is 23.7. The Morgan fingerprint density at radius 3 is 2.33 bits per heavy atom. The van der Waals surface area contributed by atoms with Crippen LogP contribution >= 0.6 is 0 Å². The number of unbranched alkanes of at least 4 members (excludes halogenated alkanes) is 4. The summed E-state index contributed by atoms with van der Waals surface area (Å²) in [6, 6.07) is 16.6. The zero-order valence-electron chi connectivity index (χ0n) is 28.3. The highest BCUT2D eigenvalue weighted by Gasteiger charge is 2.24. The highest BCUT2D eigenvalue weighted by molar-refractivity contribution is 5.91. The smallest absolute Gasteiger partial charge is 0.336 e. The standard InChI is InChI=1S/C31H43FN2O5.C7H4FNO/c1-3-4-5-6-7-17-34(31(37)33-26-14-9-13-25(32)20-26)18-19-38-27-15-10-16-28(21-27)39-22-24-12-8-11-23(2)29(24)30(35)36;8-6-2-1-3-7(4-6)9-5-10/h8-9,11-14,20,27-28H,3-7,10,15-19,21-22H2,1-2H3,(H,33,37)(H,35,36);1-4H/t27-,28+;/m1./s1. The molecular formula is C38H47F2N3O6. The van der Waals surface area contributed by atoms with Gasteiger partial charge in [0.2, 0.25) is 6.08 Å². The van der Waals surface area contributed by atoms with Crippen LogP contribution < -0.4 is 5.32 Å². The number of aryl methyl sites for hydroxylation is 1. The molecule has 1 aliphatic carbocycles. The number of amides is 2. The molecule has 0 heterocycles. The van der Waals surface area contributed by atoms with E-state index in [-0.39, 0.29) is 30.5 Å². The molecule has 0 unspecified atom stereocenters. The first-order valence-corrected chi connectivity index (χ1v) is 16.9. The number of carboxylic acids is 1. The molecule has 4 rings (SSSR count). The minimum atomic E-state index is -0.937. The fourth-order valence-electron chi connectivity index (χ4n) is 5.69. The summed E-state index contributed by atoms with van der Waals surface area (Å²) in [7, 11) is 0. The number of carboxylic acid groups (broad SMARTS) is 1. The predicted octanol–water partition coefficient (Wildman–Crippen LogP) is 8.97. The van der Waals surface area contributed by atoms with Crippen LogP contribution in [0.3, 0.4) is 0 Å². The summed E-state index contributed by atoms with van der Waals surface area (Å²) in [5, 5.41) is 12.4. The van der Waals surface area contributed by atoms with Gasteiger partial charge in [-0.3, -0.25) is 0 Å². The topological polar surface area (TPSA) is 118 Å². The minimum Gasteiger partial charge on any atom is -0.478 e. The van der Waals surface area contributed by atoms with E-state index in [4.69, 9.17) is 9.47 Å². The van der Waals surface area contributed by atoms with Crippen molar-refractivity contribution in [1.29, 1.82) is 0 Å². The third kappa shape index (κ3) is 14.3. The number of ether oxygens (including phenoxy) is 2. The van der Waals surface area contributed by atoms with Gasteiger partial charge in [-0.05, 0) is 80.5 Å². The van der Waals surface area contributed by atoms with E-state index in [9.17, 15) is 28.3 Å². The summed E-state index contributed by atoms with van der Waals surface area (Å²) >= 11 is 0. The summed E-state index contributed by atoms with van der Waals surface area (Å²) in [5.41, 5.74) is 2.44. The Balaban J connectivity index is 0.000000555. The van der Waals surface area contributed by atoms with Gasteiger partial charge in [-0.1, -0.05) is 62.9 Å². The molecule has 0 radical (unpaired) electrons. The Kier molecular flexibility index (Phi) is 17.1. The molecule has 3 aromatic rings. The van der Waals surface area contributed by atoms with Gasteiger partial charge in [-0.25, -0.2) is 23.2 Å². The van der Waals surface area contributed by atoms with Crippen LogP contribution in [0.2, 0.25) is 0 Å². The van der Waals surface area contributed by atoms with E-state index >= 15 is 0 Å². The summed E-state index contributed by atoms with van der Waals surface area (Å²) in [4.78, 5) is 39.3. The van der Waals surface area contributed by atoms with Crippen molar-refractivity contribution in [2.45, 2.75) is 90.4 Å². The lowest BCUT2D eigenvalue weighted by atomic mass is 9.94. The van der Waals surface area contributed by atoms with Gasteiger partial charge in [0, 0.05) is 24.8 Å². The summed E-state index contributed by atoms with van der Waals surface area (Å²) < 4.78 is 38.2. The largest absolute Gasteiger partial charge is 0.478 e. The molecule has 11 heteroatoms. The molecule has 0 aliphatic heterocycles. The Bertz CT molecular complexity index is 1530. The van der Waals surface area contributed by atoms with Gasteiger partial charge in [0.05, 0.1) is 36.7 Å². The number of nitrogens with one attached hydrogen (secondary N) is 1. The Hall–Kier alpha value is -4.44. The number of halogens is 2. The number of aliphatic imine (C=N–C) groups is 1. The van der Waals surface area contributed by atoms with E-state index in [0.29, 0.717) is 36.5 Å². The van der Waals surface area contributed by atoms with Gasteiger partial charge in [-0.15, -0.1) is 0 Å². The third-order valence-corrected chi connectivity index (χ3v) is 8.22. The number of anilines is 1. The SMILES string of the molecule is CCCCCCCN(CCO[C@@H]1CCC[C@H](OCc2cccc(C)c2C(=O)O)C1)C(=O)Nc1cccc(F)c1.O=C=Nc1cccc(F)c1. The molecule has 1 saturated carbocycles. The average Bonchev–Trinajstić information content (AvgIpc) is 3.07. The number of carbonyl (C=O) groups is 2. The molecule has 2 N–H and O–H groups in total. The number of isocyanates is 1. The maximum atomic E-state index is 13.6. The van der Waals surface area contributed by atoms with Crippen molar-refractivity contribution >= 4 is 29.5 Å². The van der Waals surface area contributed by atoms with Crippen LogP contribution in [0, 0.1) is 18.6 Å². The van der Waals surface area contributed by atoms with Gasteiger partial charge in [-0.2, -0.15) is 4.99 Å².